The third-order valence-electron chi connectivity index (χ3n) is 4.34. The Kier molecular flexibility index (Phi) is 3.96. The molecule has 0 aliphatic heterocycles. The van der Waals surface area contributed by atoms with E-state index in [-0.39, 0.29) is 4.90 Å². The first kappa shape index (κ1) is 17.2. The number of halogens is 1. The van der Waals surface area contributed by atoms with Gasteiger partial charge in [-0.2, -0.15) is 5.10 Å². The first-order chi connectivity index (χ1) is 12.8. The Morgan fingerprint density at radius 2 is 1.74 bits per heavy atom. The van der Waals surface area contributed by atoms with Gasteiger partial charge in [-0.15, -0.1) is 0 Å². The van der Waals surface area contributed by atoms with E-state index in [1.165, 1.54) is 24.6 Å². The zero-order valence-electron chi connectivity index (χ0n) is 14.3. The van der Waals surface area contributed by atoms with Crippen molar-refractivity contribution in [3.63, 3.8) is 0 Å². The molecule has 0 bridgehead atoms. The quantitative estimate of drug-likeness (QED) is 0.583. The first-order valence-electron chi connectivity index (χ1n) is 8.10. The maximum absolute atomic E-state index is 13.5. The molecule has 0 fully saturated rings. The average Bonchev–Trinajstić information content (AvgIpc) is 3.04. The van der Waals surface area contributed by atoms with Gasteiger partial charge in [0.05, 0.1) is 22.3 Å². The highest BCUT2D eigenvalue weighted by molar-refractivity contribution is 7.90. The van der Waals surface area contributed by atoms with Gasteiger partial charge < -0.3 is 5.11 Å². The topological polar surface area (TPSA) is 72.2 Å². The lowest BCUT2D eigenvalue weighted by atomic mass is 10.1. The lowest BCUT2D eigenvalue weighted by Gasteiger charge is -2.08. The smallest absolute Gasteiger partial charge is 0.175 e. The molecule has 136 valence electrons. The van der Waals surface area contributed by atoms with Crippen molar-refractivity contribution < 1.29 is 17.9 Å². The summed E-state index contributed by atoms with van der Waals surface area (Å²) in [6, 6.07) is 16.7. The summed E-state index contributed by atoms with van der Waals surface area (Å²) in [6.45, 7) is 0. The van der Waals surface area contributed by atoms with E-state index in [0.717, 1.165) is 16.8 Å². The standard InChI is InChI=1S/C20H15FN2O3S/c1-27(25,26)17-4-2-3-14(9-17)13-5-7-16(8-6-13)23-19-11-20(24)18(21)10-15(19)12-22-23/h2-12,24H,1H3. The predicted molar refractivity (Wildman–Crippen MR) is 101 cm³/mol. The van der Waals surface area contributed by atoms with E-state index in [2.05, 4.69) is 5.10 Å². The zero-order valence-corrected chi connectivity index (χ0v) is 15.1. The van der Waals surface area contributed by atoms with Gasteiger partial charge >= 0.3 is 0 Å². The van der Waals surface area contributed by atoms with E-state index < -0.39 is 21.4 Å². The molecular formula is C20H15FN2O3S. The van der Waals surface area contributed by atoms with Crippen LogP contribution in [-0.2, 0) is 9.84 Å². The fourth-order valence-corrected chi connectivity index (χ4v) is 3.61. The Hall–Kier alpha value is -3.19. The summed E-state index contributed by atoms with van der Waals surface area (Å²) in [7, 11) is -3.28. The molecule has 1 aromatic heterocycles. The fourth-order valence-electron chi connectivity index (χ4n) is 2.94. The van der Waals surface area contributed by atoms with E-state index in [4.69, 9.17) is 0 Å². The number of hydrogen-bond donors (Lipinski definition) is 1. The summed E-state index contributed by atoms with van der Waals surface area (Å²) in [6.07, 6.45) is 2.71. The average molecular weight is 382 g/mol. The van der Waals surface area contributed by atoms with Crippen molar-refractivity contribution in [1.82, 2.24) is 9.78 Å². The van der Waals surface area contributed by atoms with Crippen LogP contribution in [0.3, 0.4) is 0 Å². The Morgan fingerprint density at radius 1 is 1.00 bits per heavy atom. The molecule has 0 spiro atoms. The highest BCUT2D eigenvalue weighted by Crippen LogP contribution is 2.27. The molecular weight excluding hydrogens is 367 g/mol. The van der Waals surface area contributed by atoms with E-state index in [1.54, 1.807) is 22.9 Å². The predicted octanol–water partition coefficient (Wildman–Crippen LogP) is 3.94. The molecule has 7 heteroatoms. The lowest BCUT2D eigenvalue weighted by Crippen LogP contribution is -1.97. The van der Waals surface area contributed by atoms with Crippen molar-refractivity contribution in [2.45, 2.75) is 4.90 Å². The van der Waals surface area contributed by atoms with Crippen LogP contribution in [0, 0.1) is 5.82 Å². The highest BCUT2D eigenvalue weighted by Gasteiger charge is 2.11. The summed E-state index contributed by atoms with van der Waals surface area (Å²) in [5.74, 6) is -1.12. The fraction of sp³-hybridized carbons (Fsp3) is 0.0500. The van der Waals surface area contributed by atoms with E-state index >= 15 is 0 Å². The Bertz CT molecular complexity index is 1260. The molecule has 4 rings (SSSR count). The molecule has 0 aliphatic rings. The van der Waals surface area contributed by atoms with Crippen LogP contribution in [0.2, 0.25) is 0 Å². The minimum atomic E-state index is -3.28. The maximum atomic E-state index is 13.5. The molecule has 1 heterocycles. The molecule has 5 nitrogen and oxygen atoms in total. The Balaban J connectivity index is 1.74. The van der Waals surface area contributed by atoms with Gasteiger partial charge in [-0.25, -0.2) is 17.5 Å². The van der Waals surface area contributed by atoms with E-state index in [1.807, 2.05) is 30.3 Å². The Labute approximate surface area is 155 Å². The van der Waals surface area contributed by atoms with Crippen molar-refractivity contribution in [1.29, 1.82) is 0 Å². The van der Waals surface area contributed by atoms with Gasteiger partial charge in [0.25, 0.3) is 0 Å². The molecule has 4 aromatic rings. The highest BCUT2D eigenvalue weighted by atomic mass is 32.2. The minimum Gasteiger partial charge on any atom is -0.505 e. The SMILES string of the molecule is CS(=O)(=O)c1cccc(-c2ccc(-n3ncc4cc(F)c(O)cc43)cc2)c1. The summed E-state index contributed by atoms with van der Waals surface area (Å²) >= 11 is 0. The van der Waals surface area contributed by atoms with E-state index in [0.29, 0.717) is 10.9 Å². The Morgan fingerprint density at radius 3 is 2.44 bits per heavy atom. The number of benzene rings is 3. The van der Waals surface area contributed by atoms with Gasteiger partial charge in [-0.05, 0) is 41.5 Å². The van der Waals surface area contributed by atoms with Gasteiger partial charge in [-0.3, -0.25) is 0 Å². The first-order valence-corrected chi connectivity index (χ1v) is 9.99. The summed E-state index contributed by atoms with van der Waals surface area (Å²) in [5.41, 5.74) is 2.96. The summed E-state index contributed by atoms with van der Waals surface area (Å²) in [4.78, 5) is 0.264. The molecule has 0 aliphatic carbocycles. The van der Waals surface area contributed by atoms with Crippen molar-refractivity contribution >= 4 is 20.7 Å². The van der Waals surface area contributed by atoms with Crippen molar-refractivity contribution in [2.24, 2.45) is 0 Å². The maximum Gasteiger partial charge on any atom is 0.175 e. The molecule has 3 aromatic carbocycles. The largest absolute Gasteiger partial charge is 0.505 e. The number of aromatic hydroxyl groups is 1. The molecule has 0 radical (unpaired) electrons. The molecule has 0 saturated heterocycles. The van der Waals surface area contributed by atoms with Crippen LogP contribution in [0.1, 0.15) is 0 Å². The minimum absolute atomic E-state index is 0.264. The normalized spacial score (nSPS) is 11.8. The van der Waals surface area contributed by atoms with Crippen LogP contribution >= 0.6 is 0 Å². The lowest BCUT2D eigenvalue weighted by molar-refractivity contribution is 0.433. The van der Waals surface area contributed by atoms with E-state index in [9.17, 15) is 17.9 Å². The number of fused-ring (bicyclic) bond motifs is 1. The molecule has 0 amide bonds. The van der Waals surface area contributed by atoms with Crippen molar-refractivity contribution in [2.75, 3.05) is 6.26 Å². The van der Waals surface area contributed by atoms with Crippen LogP contribution in [-0.4, -0.2) is 29.6 Å². The molecule has 0 saturated carbocycles. The van der Waals surface area contributed by atoms with Crippen LogP contribution in [0.25, 0.3) is 27.7 Å². The third kappa shape index (κ3) is 3.17. The number of rotatable bonds is 3. The number of nitrogens with zero attached hydrogens (tertiary/aromatic N) is 2. The van der Waals surface area contributed by atoms with Crippen molar-refractivity contribution in [3.8, 4) is 22.6 Å². The van der Waals surface area contributed by atoms with Gasteiger partial charge in [0, 0.05) is 17.7 Å². The zero-order chi connectivity index (χ0) is 19.2. The van der Waals surface area contributed by atoms with Gasteiger partial charge in [-0.1, -0.05) is 24.3 Å². The van der Waals surface area contributed by atoms with Crippen LogP contribution in [0.15, 0.2) is 71.8 Å². The van der Waals surface area contributed by atoms with Gasteiger partial charge in [0.1, 0.15) is 0 Å². The van der Waals surface area contributed by atoms with Crippen LogP contribution in [0.4, 0.5) is 4.39 Å². The third-order valence-corrected chi connectivity index (χ3v) is 5.45. The molecule has 1 N–H and O–H groups in total. The number of sulfone groups is 1. The van der Waals surface area contributed by atoms with Crippen LogP contribution < -0.4 is 0 Å². The number of hydrogen-bond acceptors (Lipinski definition) is 4. The van der Waals surface area contributed by atoms with Crippen LogP contribution in [0.5, 0.6) is 5.75 Å². The summed E-state index contributed by atoms with van der Waals surface area (Å²) < 4.78 is 38.6. The van der Waals surface area contributed by atoms with Gasteiger partial charge in [0.2, 0.25) is 0 Å². The summed E-state index contributed by atoms with van der Waals surface area (Å²) in [5, 5.41) is 14.5. The second-order valence-corrected chi connectivity index (χ2v) is 8.28. The molecule has 0 atom stereocenters. The molecule has 27 heavy (non-hydrogen) atoms. The number of phenolic OH excluding ortho intramolecular Hbond substituents is 1. The number of aromatic nitrogens is 2. The number of phenols is 1. The second kappa shape index (κ2) is 6.21. The second-order valence-electron chi connectivity index (χ2n) is 6.27. The van der Waals surface area contributed by atoms with Gasteiger partial charge in [0.15, 0.2) is 21.4 Å². The molecule has 0 unspecified atom stereocenters. The monoisotopic (exact) mass is 382 g/mol. The van der Waals surface area contributed by atoms with Crippen molar-refractivity contribution in [3.05, 3.63) is 72.7 Å².